The van der Waals surface area contributed by atoms with E-state index in [2.05, 4.69) is 4.72 Å². The molecule has 1 saturated carbocycles. The van der Waals surface area contributed by atoms with Gasteiger partial charge in [0.25, 0.3) is 0 Å². The lowest BCUT2D eigenvalue weighted by atomic mass is 9.93. The van der Waals surface area contributed by atoms with Crippen molar-refractivity contribution in [3.05, 3.63) is 29.8 Å². The summed E-state index contributed by atoms with van der Waals surface area (Å²) < 4.78 is 27.0. The Hall–Kier alpha value is -0.950. The van der Waals surface area contributed by atoms with Gasteiger partial charge in [0.2, 0.25) is 10.0 Å². The minimum Gasteiger partial charge on any atom is -0.391 e. The van der Waals surface area contributed by atoms with Gasteiger partial charge in [-0.15, -0.1) is 0 Å². The van der Waals surface area contributed by atoms with Crippen LogP contribution in [0.2, 0.25) is 0 Å². The largest absolute Gasteiger partial charge is 0.391 e. The van der Waals surface area contributed by atoms with Crippen LogP contribution in [0.1, 0.15) is 31.2 Å². The fraction of sp³-hybridized carbons (Fsp3) is 0.538. The van der Waals surface area contributed by atoms with Gasteiger partial charge in [-0.3, -0.25) is 0 Å². The minimum absolute atomic E-state index is 0.211. The van der Waals surface area contributed by atoms with Crippen molar-refractivity contribution in [2.24, 2.45) is 5.73 Å². The number of nitrogens with two attached hydrogens (primary N) is 1. The normalized spacial score (nSPS) is 24.3. The highest BCUT2D eigenvalue weighted by Gasteiger charge is 2.27. The number of rotatable bonds is 4. The summed E-state index contributed by atoms with van der Waals surface area (Å²) in [6, 6.07) is 6.10. The van der Waals surface area contributed by atoms with Gasteiger partial charge in [-0.25, -0.2) is 13.1 Å². The first-order chi connectivity index (χ1) is 9.03. The Morgan fingerprint density at radius 1 is 1.21 bits per heavy atom. The maximum atomic E-state index is 12.2. The molecule has 0 bridgehead atoms. The quantitative estimate of drug-likeness (QED) is 0.760. The summed E-state index contributed by atoms with van der Waals surface area (Å²) in [5.41, 5.74) is 6.36. The third-order valence-corrected chi connectivity index (χ3v) is 5.01. The molecule has 106 valence electrons. The van der Waals surface area contributed by atoms with Crippen LogP contribution < -0.4 is 10.5 Å². The molecule has 0 aromatic heterocycles. The van der Waals surface area contributed by atoms with Gasteiger partial charge in [0, 0.05) is 12.6 Å². The number of hydrogen-bond donors (Lipinski definition) is 3. The van der Waals surface area contributed by atoms with Crippen LogP contribution in [-0.4, -0.2) is 25.7 Å². The number of aliphatic hydroxyl groups is 1. The van der Waals surface area contributed by atoms with E-state index in [1.807, 2.05) is 0 Å². The van der Waals surface area contributed by atoms with Gasteiger partial charge in [0.05, 0.1) is 11.0 Å². The Morgan fingerprint density at radius 3 is 2.42 bits per heavy atom. The maximum Gasteiger partial charge on any atom is 0.240 e. The van der Waals surface area contributed by atoms with E-state index in [-0.39, 0.29) is 10.9 Å². The summed E-state index contributed by atoms with van der Waals surface area (Å²) in [5.74, 6) is 0. The van der Waals surface area contributed by atoms with E-state index in [1.54, 1.807) is 24.3 Å². The van der Waals surface area contributed by atoms with Crippen molar-refractivity contribution in [1.82, 2.24) is 4.72 Å². The van der Waals surface area contributed by atoms with E-state index in [0.717, 1.165) is 18.4 Å². The molecule has 5 nitrogen and oxygen atoms in total. The highest BCUT2D eigenvalue weighted by atomic mass is 32.2. The Bertz CT molecular complexity index is 513. The molecule has 2 unspecified atom stereocenters. The van der Waals surface area contributed by atoms with Crippen molar-refractivity contribution in [2.45, 2.75) is 49.3 Å². The lowest BCUT2D eigenvalue weighted by Crippen LogP contribution is -2.44. The van der Waals surface area contributed by atoms with Gasteiger partial charge in [-0.2, -0.15) is 0 Å². The molecule has 2 atom stereocenters. The van der Waals surface area contributed by atoms with E-state index in [1.165, 1.54) is 0 Å². The predicted octanol–water partition coefficient (Wildman–Crippen LogP) is 0.727. The van der Waals surface area contributed by atoms with Gasteiger partial charge in [-0.1, -0.05) is 25.0 Å². The topological polar surface area (TPSA) is 92.4 Å². The average Bonchev–Trinajstić information content (AvgIpc) is 2.41. The van der Waals surface area contributed by atoms with E-state index in [9.17, 15) is 13.5 Å². The van der Waals surface area contributed by atoms with E-state index < -0.39 is 16.1 Å². The standard InChI is InChI=1S/C13H20N2O3S/c14-9-10-5-7-11(8-6-10)19(17,18)15-12-3-1-2-4-13(12)16/h5-8,12-13,15-16H,1-4,9,14H2. The molecule has 1 fully saturated rings. The van der Waals surface area contributed by atoms with Crippen molar-refractivity contribution in [2.75, 3.05) is 0 Å². The summed E-state index contributed by atoms with van der Waals surface area (Å²) in [4.78, 5) is 0.211. The highest BCUT2D eigenvalue weighted by molar-refractivity contribution is 7.89. The van der Waals surface area contributed by atoms with E-state index in [4.69, 9.17) is 5.73 Å². The SMILES string of the molecule is NCc1ccc(S(=O)(=O)NC2CCCCC2O)cc1. The zero-order chi connectivity index (χ0) is 13.9. The average molecular weight is 284 g/mol. The molecular formula is C13H20N2O3S. The molecule has 1 aromatic rings. The summed E-state index contributed by atoms with van der Waals surface area (Å²) in [6.45, 7) is 0.384. The molecule has 1 aliphatic rings. The fourth-order valence-electron chi connectivity index (χ4n) is 2.32. The summed E-state index contributed by atoms with van der Waals surface area (Å²) in [5, 5.41) is 9.82. The van der Waals surface area contributed by atoms with Crippen LogP contribution in [0.5, 0.6) is 0 Å². The van der Waals surface area contributed by atoms with Crippen LogP contribution in [0.3, 0.4) is 0 Å². The number of aliphatic hydroxyl groups excluding tert-OH is 1. The highest BCUT2D eigenvalue weighted by Crippen LogP contribution is 2.20. The van der Waals surface area contributed by atoms with E-state index in [0.29, 0.717) is 19.4 Å². The molecule has 1 aromatic carbocycles. The van der Waals surface area contributed by atoms with Crippen LogP contribution in [0, 0.1) is 0 Å². The van der Waals surface area contributed by atoms with Crippen molar-refractivity contribution in [3.8, 4) is 0 Å². The van der Waals surface area contributed by atoms with Crippen molar-refractivity contribution in [3.63, 3.8) is 0 Å². The fourth-order valence-corrected chi connectivity index (χ4v) is 3.62. The first kappa shape index (κ1) is 14.5. The minimum atomic E-state index is -3.57. The zero-order valence-electron chi connectivity index (χ0n) is 10.7. The Kier molecular flexibility index (Phi) is 4.57. The first-order valence-electron chi connectivity index (χ1n) is 6.52. The van der Waals surface area contributed by atoms with Crippen molar-refractivity contribution >= 4 is 10.0 Å². The molecule has 0 aliphatic heterocycles. The van der Waals surface area contributed by atoms with Gasteiger partial charge in [0.15, 0.2) is 0 Å². The van der Waals surface area contributed by atoms with Crippen LogP contribution in [0.25, 0.3) is 0 Å². The zero-order valence-corrected chi connectivity index (χ0v) is 11.6. The van der Waals surface area contributed by atoms with Crippen molar-refractivity contribution in [1.29, 1.82) is 0 Å². The molecule has 2 rings (SSSR count). The number of nitrogens with one attached hydrogen (secondary N) is 1. The van der Waals surface area contributed by atoms with Crippen LogP contribution in [0.4, 0.5) is 0 Å². The first-order valence-corrected chi connectivity index (χ1v) is 8.00. The summed E-state index contributed by atoms with van der Waals surface area (Å²) in [7, 11) is -3.57. The molecule has 0 saturated heterocycles. The number of hydrogen-bond acceptors (Lipinski definition) is 4. The third-order valence-electron chi connectivity index (χ3n) is 3.51. The molecule has 19 heavy (non-hydrogen) atoms. The third kappa shape index (κ3) is 3.54. The monoisotopic (exact) mass is 284 g/mol. The Balaban J connectivity index is 2.12. The molecule has 0 amide bonds. The Labute approximate surface area is 113 Å². The predicted molar refractivity (Wildman–Crippen MR) is 72.9 cm³/mol. The molecule has 1 aliphatic carbocycles. The van der Waals surface area contributed by atoms with Gasteiger partial charge in [-0.05, 0) is 30.5 Å². The lowest BCUT2D eigenvalue weighted by molar-refractivity contribution is 0.101. The second kappa shape index (κ2) is 6.00. The number of sulfonamides is 1. The second-order valence-corrected chi connectivity index (χ2v) is 6.64. The van der Waals surface area contributed by atoms with Crippen LogP contribution in [0.15, 0.2) is 29.2 Å². The molecule has 0 spiro atoms. The maximum absolute atomic E-state index is 12.2. The lowest BCUT2D eigenvalue weighted by Gasteiger charge is -2.28. The van der Waals surface area contributed by atoms with E-state index >= 15 is 0 Å². The smallest absolute Gasteiger partial charge is 0.240 e. The molecule has 0 heterocycles. The van der Waals surface area contributed by atoms with Crippen LogP contribution in [-0.2, 0) is 16.6 Å². The van der Waals surface area contributed by atoms with Gasteiger partial charge in [0.1, 0.15) is 0 Å². The Morgan fingerprint density at radius 2 is 1.84 bits per heavy atom. The second-order valence-electron chi connectivity index (χ2n) is 4.93. The van der Waals surface area contributed by atoms with Gasteiger partial charge >= 0.3 is 0 Å². The van der Waals surface area contributed by atoms with Crippen LogP contribution >= 0.6 is 0 Å². The summed E-state index contributed by atoms with van der Waals surface area (Å²) >= 11 is 0. The molecule has 6 heteroatoms. The number of benzene rings is 1. The molecular weight excluding hydrogens is 264 g/mol. The summed E-state index contributed by atoms with van der Waals surface area (Å²) in [6.07, 6.45) is 2.63. The molecule has 4 N–H and O–H groups in total. The molecule has 0 radical (unpaired) electrons. The van der Waals surface area contributed by atoms with Crippen molar-refractivity contribution < 1.29 is 13.5 Å². The van der Waals surface area contributed by atoms with Gasteiger partial charge < -0.3 is 10.8 Å².